The van der Waals surface area contributed by atoms with E-state index in [0.717, 1.165) is 11.1 Å². The van der Waals surface area contributed by atoms with Gasteiger partial charge in [-0.1, -0.05) is 6.07 Å². The second-order valence-electron chi connectivity index (χ2n) is 3.98. The molecule has 2 aromatic rings. The number of halogens is 1. The highest BCUT2D eigenvalue weighted by Crippen LogP contribution is 2.26. The fourth-order valence-corrected chi connectivity index (χ4v) is 1.79. The van der Waals surface area contributed by atoms with Crippen molar-refractivity contribution in [2.45, 2.75) is 13.0 Å². The normalized spacial score (nSPS) is 12.4. The number of pyridine rings is 1. The minimum atomic E-state index is -0.459. The van der Waals surface area contributed by atoms with Crippen LogP contribution in [0, 0.1) is 12.7 Å². The summed E-state index contributed by atoms with van der Waals surface area (Å²) in [4.78, 5) is 3.99. The predicted molar refractivity (Wildman–Crippen MR) is 65.8 cm³/mol. The molecule has 0 amide bonds. The van der Waals surface area contributed by atoms with Crippen molar-refractivity contribution in [3.05, 3.63) is 59.2 Å². The van der Waals surface area contributed by atoms with Crippen molar-refractivity contribution in [2.24, 2.45) is 5.73 Å². The van der Waals surface area contributed by atoms with E-state index in [9.17, 15) is 4.39 Å². The molecule has 1 aromatic carbocycles. The second kappa shape index (κ2) is 4.51. The standard InChI is InChI=1S/C13H14FN3/c1-8-2-3-9(14)6-10(8)13(16)11-7-17-5-4-12(11)15/h2-7,13H,16H2,1H3,(H2,15,17). The molecule has 1 unspecified atom stereocenters. The zero-order valence-corrected chi connectivity index (χ0v) is 9.52. The summed E-state index contributed by atoms with van der Waals surface area (Å²) in [6, 6.07) is 5.78. The lowest BCUT2D eigenvalue weighted by molar-refractivity contribution is 0.622. The van der Waals surface area contributed by atoms with Gasteiger partial charge in [-0.3, -0.25) is 4.98 Å². The Morgan fingerprint density at radius 1 is 1.24 bits per heavy atom. The van der Waals surface area contributed by atoms with Gasteiger partial charge in [-0.05, 0) is 36.2 Å². The van der Waals surface area contributed by atoms with Crippen LogP contribution in [0.4, 0.5) is 10.1 Å². The van der Waals surface area contributed by atoms with E-state index in [1.165, 1.54) is 12.1 Å². The maximum Gasteiger partial charge on any atom is 0.123 e. The summed E-state index contributed by atoms with van der Waals surface area (Å²) >= 11 is 0. The summed E-state index contributed by atoms with van der Waals surface area (Å²) in [5, 5.41) is 0. The topological polar surface area (TPSA) is 64.9 Å². The number of benzene rings is 1. The largest absolute Gasteiger partial charge is 0.398 e. The minimum Gasteiger partial charge on any atom is -0.398 e. The SMILES string of the molecule is Cc1ccc(F)cc1C(N)c1cnccc1N. The molecule has 0 radical (unpaired) electrons. The number of nitrogens with zero attached hydrogens (tertiary/aromatic N) is 1. The molecular weight excluding hydrogens is 217 g/mol. The quantitative estimate of drug-likeness (QED) is 0.832. The molecule has 3 nitrogen and oxygen atoms in total. The fraction of sp³-hybridized carbons (Fsp3) is 0.154. The first-order valence-electron chi connectivity index (χ1n) is 5.30. The van der Waals surface area contributed by atoms with E-state index in [-0.39, 0.29) is 5.82 Å². The molecule has 2 rings (SSSR count). The van der Waals surface area contributed by atoms with Gasteiger partial charge in [0.2, 0.25) is 0 Å². The Balaban J connectivity index is 2.47. The lowest BCUT2D eigenvalue weighted by Gasteiger charge is -2.16. The number of anilines is 1. The molecule has 4 heteroatoms. The summed E-state index contributed by atoms with van der Waals surface area (Å²) in [6.07, 6.45) is 3.22. The van der Waals surface area contributed by atoms with E-state index >= 15 is 0 Å². The van der Waals surface area contributed by atoms with Gasteiger partial charge in [0.05, 0.1) is 6.04 Å². The summed E-state index contributed by atoms with van der Waals surface area (Å²) in [5.74, 6) is -0.302. The lowest BCUT2D eigenvalue weighted by atomic mass is 9.96. The van der Waals surface area contributed by atoms with Crippen LogP contribution in [0.15, 0.2) is 36.7 Å². The van der Waals surface area contributed by atoms with Crippen LogP contribution in [-0.2, 0) is 0 Å². The van der Waals surface area contributed by atoms with Crippen LogP contribution in [-0.4, -0.2) is 4.98 Å². The third-order valence-corrected chi connectivity index (χ3v) is 2.80. The van der Waals surface area contributed by atoms with Crippen molar-refractivity contribution in [2.75, 3.05) is 5.73 Å². The average Bonchev–Trinajstić information content (AvgIpc) is 2.32. The first-order valence-corrected chi connectivity index (χ1v) is 5.30. The summed E-state index contributed by atoms with van der Waals surface area (Å²) < 4.78 is 13.2. The van der Waals surface area contributed by atoms with Crippen LogP contribution in [0.5, 0.6) is 0 Å². The Morgan fingerprint density at radius 2 is 2.00 bits per heavy atom. The van der Waals surface area contributed by atoms with Gasteiger partial charge >= 0.3 is 0 Å². The number of hydrogen-bond acceptors (Lipinski definition) is 3. The lowest BCUT2D eigenvalue weighted by Crippen LogP contribution is -2.15. The number of hydrogen-bond donors (Lipinski definition) is 2. The van der Waals surface area contributed by atoms with Crippen molar-refractivity contribution in [1.82, 2.24) is 4.98 Å². The van der Waals surface area contributed by atoms with Crippen molar-refractivity contribution >= 4 is 5.69 Å². The van der Waals surface area contributed by atoms with E-state index in [4.69, 9.17) is 11.5 Å². The molecule has 1 atom stereocenters. The minimum absolute atomic E-state index is 0.302. The van der Waals surface area contributed by atoms with Gasteiger partial charge in [-0.25, -0.2) is 4.39 Å². The maximum atomic E-state index is 13.2. The average molecular weight is 231 g/mol. The van der Waals surface area contributed by atoms with Gasteiger partial charge in [-0.2, -0.15) is 0 Å². The van der Waals surface area contributed by atoms with E-state index in [1.807, 2.05) is 6.92 Å². The smallest absolute Gasteiger partial charge is 0.123 e. The molecule has 0 aliphatic rings. The van der Waals surface area contributed by atoms with E-state index < -0.39 is 6.04 Å². The zero-order valence-electron chi connectivity index (χ0n) is 9.52. The van der Waals surface area contributed by atoms with E-state index in [0.29, 0.717) is 11.3 Å². The third kappa shape index (κ3) is 2.26. The Kier molecular flexibility index (Phi) is 3.06. The van der Waals surface area contributed by atoms with Crippen molar-refractivity contribution < 1.29 is 4.39 Å². The van der Waals surface area contributed by atoms with Crippen LogP contribution >= 0.6 is 0 Å². The first kappa shape index (κ1) is 11.5. The van der Waals surface area contributed by atoms with Crippen LogP contribution in [0.25, 0.3) is 0 Å². The molecule has 0 aliphatic heterocycles. The Hall–Kier alpha value is -1.94. The number of nitrogens with two attached hydrogens (primary N) is 2. The molecular formula is C13H14FN3. The highest BCUT2D eigenvalue weighted by atomic mass is 19.1. The third-order valence-electron chi connectivity index (χ3n) is 2.80. The van der Waals surface area contributed by atoms with Gasteiger partial charge in [0.1, 0.15) is 5.82 Å². The highest BCUT2D eigenvalue weighted by molar-refractivity contribution is 5.50. The monoisotopic (exact) mass is 231 g/mol. The van der Waals surface area contributed by atoms with Gasteiger partial charge in [0.25, 0.3) is 0 Å². The van der Waals surface area contributed by atoms with Gasteiger partial charge in [-0.15, -0.1) is 0 Å². The molecule has 0 saturated heterocycles. The van der Waals surface area contributed by atoms with Gasteiger partial charge in [0.15, 0.2) is 0 Å². The van der Waals surface area contributed by atoms with Gasteiger partial charge < -0.3 is 11.5 Å². The molecule has 0 saturated carbocycles. The Morgan fingerprint density at radius 3 is 2.71 bits per heavy atom. The van der Waals surface area contributed by atoms with Crippen LogP contribution in [0.2, 0.25) is 0 Å². The molecule has 4 N–H and O–H groups in total. The van der Waals surface area contributed by atoms with Crippen molar-refractivity contribution in [3.8, 4) is 0 Å². The number of rotatable bonds is 2. The fourth-order valence-electron chi connectivity index (χ4n) is 1.79. The first-order chi connectivity index (χ1) is 8.09. The highest BCUT2D eigenvalue weighted by Gasteiger charge is 2.14. The molecule has 0 bridgehead atoms. The van der Waals surface area contributed by atoms with Crippen LogP contribution < -0.4 is 11.5 Å². The molecule has 88 valence electrons. The van der Waals surface area contributed by atoms with Crippen LogP contribution in [0.3, 0.4) is 0 Å². The van der Waals surface area contributed by atoms with Crippen molar-refractivity contribution in [1.29, 1.82) is 0 Å². The molecule has 0 fully saturated rings. The molecule has 0 aliphatic carbocycles. The van der Waals surface area contributed by atoms with Crippen molar-refractivity contribution in [3.63, 3.8) is 0 Å². The Labute approximate surface area is 99.3 Å². The summed E-state index contributed by atoms with van der Waals surface area (Å²) in [7, 11) is 0. The second-order valence-corrected chi connectivity index (χ2v) is 3.98. The van der Waals surface area contributed by atoms with E-state index in [1.54, 1.807) is 24.5 Å². The molecule has 1 heterocycles. The molecule has 0 spiro atoms. The Bertz CT molecular complexity index is 540. The van der Waals surface area contributed by atoms with Gasteiger partial charge in [0, 0.05) is 23.6 Å². The number of aryl methyl sites for hydroxylation is 1. The maximum absolute atomic E-state index is 13.2. The predicted octanol–water partition coefficient (Wildman–Crippen LogP) is 2.16. The van der Waals surface area contributed by atoms with E-state index in [2.05, 4.69) is 4.98 Å². The molecule has 1 aromatic heterocycles. The number of nitrogen functional groups attached to an aromatic ring is 1. The molecule has 17 heavy (non-hydrogen) atoms. The summed E-state index contributed by atoms with van der Waals surface area (Å²) in [6.45, 7) is 1.89. The number of aromatic nitrogens is 1. The summed E-state index contributed by atoms with van der Waals surface area (Å²) in [5.41, 5.74) is 14.9. The zero-order chi connectivity index (χ0) is 12.4. The van der Waals surface area contributed by atoms with Crippen LogP contribution in [0.1, 0.15) is 22.7 Å².